The van der Waals surface area contributed by atoms with Crippen LogP contribution >= 0.6 is 15.9 Å². The maximum atomic E-state index is 6.05. The lowest BCUT2D eigenvalue weighted by molar-refractivity contribution is 0.572. The minimum atomic E-state index is 0.104. The molecule has 1 nitrogen and oxygen atoms in total. The van der Waals surface area contributed by atoms with Crippen molar-refractivity contribution in [2.45, 2.75) is 41.5 Å². The second-order valence-corrected chi connectivity index (χ2v) is 7.98. The van der Waals surface area contributed by atoms with E-state index in [1.54, 1.807) is 0 Å². The third kappa shape index (κ3) is 3.48. The SMILES string of the molecule is Cc1cc(C)c(B(c2ccc(Br)o2)c2c(C)cc(C)cc2C)c(C)c1. The first-order chi connectivity index (χ1) is 11.8. The molecule has 0 radical (unpaired) electrons. The highest BCUT2D eigenvalue weighted by atomic mass is 79.9. The van der Waals surface area contributed by atoms with E-state index >= 15 is 0 Å². The van der Waals surface area contributed by atoms with E-state index in [4.69, 9.17) is 4.42 Å². The molecule has 1 aromatic heterocycles. The molecule has 128 valence electrons. The molecule has 0 N–H and O–H groups in total. The van der Waals surface area contributed by atoms with Crippen LogP contribution in [0.25, 0.3) is 0 Å². The molecule has 25 heavy (non-hydrogen) atoms. The first kappa shape index (κ1) is 18.1. The maximum absolute atomic E-state index is 6.05. The van der Waals surface area contributed by atoms with Crippen molar-refractivity contribution in [3.8, 4) is 0 Å². The quantitative estimate of drug-likeness (QED) is 0.599. The van der Waals surface area contributed by atoms with Gasteiger partial charge in [-0.25, -0.2) is 0 Å². The Morgan fingerprint density at radius 2 is 1.08 bits per heavy atom. The average molecular weight is 395 g/mol. The summed E-state index contributed by atoms with van der Waals surface area (Å²) in [5, 5.41) is 0. The molecule has 2 aromatic carbocycles. The lowest BCUT2D eigenvalue weighted by Crippen LogP contribution is -2.55. The summed E-state index contributed by atoms with van der Waals surface area (Å²) >= 11 is 3.48. The van der Waals surface area contributed by atoms with Crippen LogP contribution in [0, 0.1) is 41.5 Å². The Kier molecular flexibility index (Phi) is 4.97. The molecule has 0 saturated heterocycles. The smallest absolute Gasteiger partial charge is 0.288 e. The highest BCUT2D eigenvalue weighted by Crippen LogP contribution is 2.15. The van der Waals surface area contributed by atoms with E-state index in [1.165, 1.54) is 44.3 Å². The van der Waals surface area contributed by atoms with Crippen molar-refractivity contribution in [3.05, 3.63) is 74.4 Å². The van der Waals surface area contributed by atoms with Crippen LogP contribution in [-0.4, -0.2) is 6.71 Å². The minimum Gasteiger partial charge on any atom is -0.464 e. The van der Waals surface area contributed by atoms with Gasteiger partial charge in [-0.15, -0.1) is 0 Å². The first-order valence-electron chi connectivity index (χ1n) is 8.68. The van der Waals surface area contributed by atoms with Crippen LogP contribution in [0.15, 0.2) is 45.5 Å². The second kappa shape index (κ2) is 6.88. The van der Waals surface area contributed by atoms with Gasteiger partial charge in [-0.1, -0.05) is 68.6 Å². The minimum absolute atomic E-state index is 0.104. The topological polar surface area (TPSA) is 13.1 Å². The molecular weight excluding hydrogens is 371 g/mol. The summed E-state index contributed by atoms with van der Waals surface area (Å²) < 4.78 is 6.83. The number of furan rings is 1. The Hall–Kier alpha value is -1.74. The van der Waals surface area contributed by atoms with Crippen molar-refractivity contribution < 1.29 is 4.42 Å². The van der Waals surface area contributed by atoms with E-state index in [0.29, 0.717) is 0 Å². The molecule has 0 aliphatic carbocycles. The van der Waals surface area contributed by atoms with Gasteiger partial charge in [0, 0.05) is 0 Å². The molecule has 3 heteroatoms. The lowest BCUT2D eigenvalue weighted by Gasteiger charge is -2.22. The maximum Gasteiger partial charge on any atom is 0.288 e. The summed E-state index contributed by atoms with van der Waals surface area (Å²) in [4.78, 5) is 0. The van der Waals surface area contributed by atoms with E-state index in [1.807, 2.05) is 6.07 Å². The molecule has 0 aliphatic heterocycles. The van der Waals surface area contributed by atoms with Gasteiger partial charge in [-0.05, 0) is 69.6 Å². The van der Waals surface area contributed by atoms with E-state index in [2.05, 4.69) is 87.8 Å². The van der Waals surface area contributed by atoms with Gasteiger partial charge < -0.3 is 4.42 Å². The predicted molar refractivity (Wildman–Crippen MR) is 112 cm³/mol. The van der Waals surface area contributed by atoms with Crippen molar-refractivity contribution >= 4 is 39.2 Å². The average Bonchev–Trinajstić information content (AvgIpc) is 2.89. The monoisotopic (exact) mass is 394 g/mol. The van der Waals surface area contributed by atoms with Gasteiger partial charge in [0.25, 0.3) is 6.71 Å². The molecule has 0 bridgehead atoms. The van der Waals surface area contributed by atoms with E-state index < -0.39 is 0 Å². The molecule has 3 aromatic rings. The van der Waals surface area contributed by atoms with Crippen molar-refractivity contribution in [1.29, 1.82) is 0 Å². The van der Waals surface area contributed by atoms with Gasteiger partial charge in [0.15, 0.2) is 4.67 Å². The molecule has 3 rings (SSSR count). The molecule has 0 unspecified atom stereocenters. The Morgan fingerprint density at radius 3 is 1.40 bits per heavy atom. The number of rotatable bonds is 3. The van der Waals surface area contributed by atoms with Gasteiger partial charge in [0.05, 0.1) is 5.66 Å². The largest absolute Gasteiger partial charge is 0.464 e. The number of aryl methyl sites for hydroxylation is 6. The number of benzene rings is 2. The Bertz CT molecular complexity index is 835. The summed E-state index contributed by atoms with van der Waals surface area (Å²) in [6, 6.07) is 13.2. The van der Waals surface area contributed by atoms with E-state index in [0.717, 1.165) is 10.3 Å². The molecular formula is C22H24BBrO. The summed E-state index contributed by atoms with van der Waals surface area (Å²) in [5.41, 5.74) is 11.5. The van der Waals surface area contributed by atoms with Crippen LogP contribution in [0.2, 0.25) is 0 Å². The Labute approximate surface area is 159 Å². The highest BCUT2D eigenvalue weighted by Gasteiger charge is 2.31. The molecule has 1 heterocycles. The van der Waals surface area contributed by atoms with Gasteiger partial charge in [0.2, 0.25) is 0 Å². The first-order valence-corrected chi connectivity index (χ1v) is 9.48. The second-order valence-electron chi connectivity index (χ2n) is 7.20. The third-order valence-corrected chi connectivity index (χ3v) is 5.36. The van der Waals surface area contributed by atoms with Gasteiger partial charge in [-0.2, -0.15) is 0 Å². The van der Waals surface area contributed by atoms with Gasteiger partial charge >= 0.3 is 0 Å². The van der Waals surface area contributed by atoms with Gasteiger partial charge in [-0.3, -0.25) is 0 Å². The van der Waals surface area contributed by atoms with Crippen LogP contribution in [0.3, 0.4) is 0 Å². The van der Waals surface area contributed by atoms with Crippen LogP contribution in [-0.2, 0) is 0 Å². The summed E-state index contributed by atoms with van der Waals surface area (Å²) in [6.07, 6.45) is 0. The molecule has 0 spiro atoms. The standard InChI is InChI=1S/C22H24BBrO/c1-13-9-15(3)21(16(4)10-13)23(19-7-8-20(24)25-19)22-17(5)11-14(2)12-18(22)6/h7-12H,1-6H3. The Balaban J connectivity index is 2.33. The van der Waals surface area contributed by atoms with Crippen LogP contribution < -0.4 is 16.6 Å². The Morgan fingerprint density at radius 1 is 0.680 bits per heavy atom. The zero-order valence-electron chi connectivity index (χ0n) is 15.8. The molecule has 0 saturated carbocycles. The summed E-state index contributed by atoms with van der Waals surface area (Å²) in [6.45, 7) is 13.2. The molecule has 0 atom stereocenters. The van der Waals surface area contributed by atoms with Crippen molar-refractivity contribution in [3.63, 3.8) is 0 Å². The fraction of sp³-hybridized carbons (Fsp3) is 0.273. The zero-order chi connectivity index (χ0) is 18.3. The number of hydrogen-bond acceptors (Lipinski definition) is 1. The number of hydrogen-bond donors (Lipinski definition) is 0. The van der Waals surface area contributed by atoms with E-state index in [-0.39, 0.29) is 6.71 Å². The predicted octanol–water partition coefficient (Wildman–Crippen LogP) is 4.41. The zero-order valence-corrected chi connectivity index (χ0v) is 17.4. The van der Waals surface area contributed by atoms with E-state index in [9.17, 15) is 0 Å². The highest BCUT2D eigenvalue weighted by molar-refractivity contribution is 9.10. The lowest BCUT2D eigenvalue weighted by atomic mass is 9.36. The fourth-order valence-corrected chi connectivity index (χ4v) is 4.52. The fourth-order valence-electron chi connectivity index (χ4n) is 4.21. The molecule has 0 amide bonds. The summed E-state index contributed by atoms with van der Waals surface area (Å²) in [5.74, 6) is 0. The van der Waals surface area contributed by atoms with Crippen LogP contribution in [0.5, 0.6) is 0 Å². The third-order valence-electron chi connectivity index (χ3n) is 4.93. The van der Waals surface area contributed by atoms with Crippen molar-refractivity contribution in [2.75, 3.05) is 0 Å². The van der Waals surface area contributed by atoms with Gasteiger partial charge in [0.1, 0.15) is 0 Å². The molecule has 0 aliphatic rings. The summed E-state index contributed by atoms with van der Waals surface area (Å²) in [7, 11) is 0. The van der Waals surface area contributed by atoms with Crippen LogP contribution in [0.1, 0.15) is 33.4 Å². The van der Waals surface area contributed by atoms with Crippen LogP contribution in [0.4, 0.5) is 0 Å². The van der Waals surface area contributed by atoms with Crippen molar-refractivity contribution in [1.82, 2.24) is 0 Å². The van der Waals surface area contributed by atoms with Crippen molar-refractivity contribution in [2.24, 2.45) is 0 Å². The molecule has 0 fully saturated rings. The number of halogens is 1. The normalized spacial score (nSPS) is 11.0.